The highest BCUT2D eigenvalue weighted by atomic mass is 19.4. The third-order valence-corrected chi connectivity index (χ3v) is 2.48. The predicted octanol–water partition coefficient (Wildman–Crippen LogP) is 3.65. The first-order valence-electron chi connectivity index (χ1n) is 5.24. The minimum absolute atomic E-state index is 0.468. The Balaban J connectivity index is 2.11. The van der Waals surface area contributed by atoms with Gasteiger partial charge in [0.05, 0.1) is 12.6 Å². The Labute approximate surface area is 96.4 Å². The van der Waals surface area contributed by atoms with Gasteiger partial charge in [-0.05, 0) is 19.1 Å². The lowest BCUT2D eigenvalue weighted by Crippen LogP contribution is -2.30. The lowest BCUT2D eigenvalue weighted by atomic mass is 10.2. The molecule has 0 aliphatic heterocycles. The van der Waals surface area contributed by atoms with E-state index in [4.69, 9.17) is 4.42 Å². The Kier molecular flexibility index (Phi) is 3.11. The number of fused-ring (bicyclic) bond motifs is 1. The van der Waals surface area contributed by atoms with Gasteiger partial charge in [-0.3, -0.25) is 5.32 Å². The maximum absolute atomic E-state index is 12.0. The first-order chi connectivity index (χ1) is 7.96. The zero-order valence-corrected chi connectivity index (χ0v) is 9.21. The number of furan rings is 1. The smallest absolute Gasteiger partial charge is 0.401 e. The third kappa shape index (κ3) is 3.00. The number of alkyl halides is 3. The van der Waals surface area contributed by atoms with Gasteiger partial charge in [0.25, 0.3) is 0 Å². The number of para-hydroxylation sites is 1. The van der Waals surface area contributed by atoms with E-state index in [1.54, 1.807) is 19.1 Å². The molecule has 92 valence electrons. The summed E-state index contributed by atoms with van der Waals surface area (Å²) in [5.74, 6) is 0.510. The molecule has 1 unspecified atom stereocenters. The molecule has 0 aliphatic rings. The lowest BCUT2D eigenvalue weighted by Gasteiger charge is -2.12. The highest BCUT2D eigenvalue weighted by molar-refractivity contribution is 5.77. The molecule has 1 atom stereocenters. The van der Waals surface area contributed by atoms with Crippen LogP contribution in [0, 0.1) is 0 Å². The Morgan fingerprint density at radius 2 is 2.00 bits per heavy atom. The van der Waals surface area contributed by atoms with Gasteiger partial charge in [-0.15, -0.1) is 0 Å². The second-order valence-electron chi connectivity index (χ2n) is 3.90. The molecular weight excluding hydrogens is 231 g/mol. The number of benzene rings is 1. The fraction of sp³-hybridized carbons (Fsp3) is 0.333. The van der Waals surface area contributed by atoms with Crippen molar-refractivity contribution in [1.82, 2.24) is 5.32 Å². The van der Waals surface area contributed by atoms with Crippen LogP contribution in [-0.2, 0) is 0 Å². The van der Waals surface area contributed by atoms with E-state index in [1.165, 1.54) is 0 Å². The molecule has 0 aliphatic carbocycles. The molecule has 5 heteroatoms. The van der Waals surface area contributed by atoms with Crippen LogP contribution in [0.25, 0.3) is 11.0 Å². The molecule has 0 bridgehead atoms. The van der Waals surface area contributed by atoms with Crippen LogP contribution in [0.3, 0.4) is 0 Å². The molecule has 1 aromatic carbocycles. The van der Waals surface area contributed by atoms with Crippen LogP contribution in [0.5, 0.6) is 0 Å². The topological polar surface area (TPSA) is 25.2 Å². The van der Waals surface area contributed by atoms with Gasteiger partial charge in [0.2, 0.25) is 0 Å². The first kappa shape index (κ1) is 12.0. The average Bonchev–Trinajstić information content (AvgIpc) is 2.68. The van der Waals surface area contributed by atoms with E-state index in [9.17, 15) is 13.2 Å². The fourth-order valence-electron chi connectivity index (χ4n) is 1.59. The summed E-state index contributed by atoms with van der Waals surface area (Å²) in [5.41, 5.74) is 0.683. The third-order valence-electron chi connectivity index (χ3n) is 2.48. The molecule has 2 aromatic rings. The summed E-state index contributed by atoms with van der Waals surface area (Å²) in [7, 11) is 0. The lowest BCUT2D eigenvalue weighted by molar-refractivity contribution is -0.126. The summed E-state index contributed by atoms with van der Waals surface area (Å²) in [6.45, 7) is 0.620. The van der Waals surface area contributed by atoms with Crippen molar-refractivity contribution in [2.45, 2.75) is 19.1 Å². The first-order valence-corrected chi connectivity index (χ1v) is 5.24. The second-order valence-corrected chi connectivity index (χ2v) is 3.90. The highest BCUT2D eigenvalue weighted by Crippen LogP contribution is 2.24. The van der Waals surface area contributed by atoms with E-state index in [1.807, 2.05) is 18.2 Å². The molecule has 0 saturated heterocycles. The van der Waals surface area contributed by atoms with Gasteiger partial charge in [-0.2, -0.15) is 13.2 Å². The molecule has 1 N–H and O–H groups in total. The van der Waals surface area contributed by atoms with Crippen molar-refractivity contribution in [1.29, 1.82) is 0 Å². The van der Waals surface area contributed by atoms with Crippen LogP contribution >= 0.6 is 0 Å². The molecule has 0 saturated carbocycles. The molecular formula is C12H12F3NO. The largest absolute Gasteiger partial charge is 0.459 e. The molecule has 1 aromatic heterocycles. The van der Waals surface area contributed by atoms with E-state index in [0.29, 0.717) is 11.3 Å². The zero-order valence-electron chi connectivity index (χ0n) is 9.21. The number of hydrogen-bond acceptors (Lipinski definition) is 2. The van der Waals surface area contributed by atoms with Crippen molar-refractivity contribution in [3.8, 4) is 0 Å². The molecule has 1 heterocycles. The van der Waals surface area contributed by atoms with Crippen molar-refractivity contribution in [3.05, 3.63) is 36.1 Å². The van der Waals surface area contributed by atoms with Gasteiger partial charge in [-0.1, -0.05) is 18.2 Å². The molecule has 0 fully saturated rings. The second kappa shape index (κ2) is 4.41. The number of hydrogen-bond donors (Lipinski definition) is 1. The van der Waals surface area contributed by atoms with Gasteiger partial charge in [0.15, 0.2) is 0 Å². The van der Waals surface area contributed by atoms with E-state index in [0.717, 1.165) is 5.39 Å². The van der Waals surface area contributed by atoms with Crippen molar-refractivity contribution in [2.75, 3.05) is 6.54 Å². The highest BCUT2D eigenvalue weighted by Gasteiger charge is 2.28. The summed E-state index contributed by atoms with van der Waals surface area (Å²) in [6, 6.07) is 8.61. The molecule has 2 rings (SSSR count). The molecule has 0 amide bonds. The van der Waals surface area contributed by atoms with Crippen LogP contribution in [0.2, 0.25) is 0 Å². The van der Waals surface area contributed by atoms with Crippen LogP contribution in [-0.4, -0.2) is 12.7 Å². The van der Waals surface area contributed by atoms with E-state index in [-0.39, 0.29) is 0 Å². The van der Waals surface area contributed by atoms with Gasteiger partial charge in [-0.25, -0.2) is 0 Å². The zero-order chi connectivity index (χ0) is 12.5. The molecule has 17 heavy (non-hydrogen) atoms. The maximum atomic E-state index is 12.0. The SMILES string of the molecule is CC(NCC(F)(F)F)c1cc2ccccc2o1. The minimum Gasteiger partial charge on any atom is -0.459 e. The Morgan fingerprint density at radius 1 is 1.29 bits per heavy atom. The van der Waals surface area contributed by atoms with Gasteiger partial charge < -0.3 is 4.42 Å². The van der Waals surface area contributed by atoms with Gasteiger partial charge >= 0.3 is 6.18 Å². The number of nitrogens with one attached hydrogen (secondary N) is 1. The van der Waals surface area contributed by atoms with Crippen LogP contribution in [0.4, 0.5) is 13.2 Å². The van der Waals surface area contributed by atoms with Crippen molar-refractivity contribution >= 4 is 11.0 Å². The summed E-state index contributed by atoms with van der Waals surface area (Å²) in [4.78, 5) is 0. The Hall–Kier alpha value is -1.49. The van der Waals surface area contributed by atoms with Crippen LogP contribution < -0.4 is 5.32 Å². The summed E-state index contributed by atoms with van der Waals surface area (Å²) < 4.78 is 41.6. The van der Waals surface area contributed by atoms with Crippen molar-refractivity contribution in [3.63, 3.8) is 0 Å². The van der Waals surface area contributed by atoms with Gasteiger partial charge in [0, 0.05) is 5.39 Å². The number of halogens is 3. The fourth-order valence-corrected chi connectivity index (χ4v) is 1.59. The van der Waals surface area contributed by atoms with E-state index >= 15 is 0 Å². The normalized spacial score (nSPS) is 14.1. The summed E-state index contributed by atoms with van der Waals surface area (Å²) >= 11 is 0. The quantitative estimate of drug-likeness (QED) is 0.890. The van der Waals surface area contributed by atoms with Crippen LogP contribution in [0.15, 0.2) is 34.7 Å². The summed E-state index contributed by atoms with van der Waals surface area (Å²) in [6.07, 6.45) is -4.21. The maximum Gasteiger partial charge on any atom is 0.401 e. The van der Waals surface area contributed by atoms with E-state index in [2.05, 4.69) is 5.32 Å². The predicted molar refractivity (Wildman–Crippen MR) is 58.7 cm³/mol. The molecule has 2 nitrogen and oxygen atoms in total. The standard InChI is InChI=1S/C12H12F3NO/c1-8(16-7-12(13,14)15)11-6-9-4-2-3-5-10(9)17-11/h2-6,8,16H,7H2,1H3. The Morgan fingerprint density at radius 3 is 2.65 bits per heavy atom. The summed E-state index contributed by atoms with van der Waals surface area (Å²) in [5, 5.41) is 3.27. The monoisotopic (exact) mass is 243 g/mol. The van der Waals surface area contributed by atoms with Crippen molar-refractivity contribution < 1.29 is 17.6 Å². The molecule has 0 spiro atoms. The Bertz CT molecular complexity index is 471. The number of rotatable bonds is 3. The van der Waals surface area contributed by atoms with Crippen LogP contribution in [0.1, 0.15) is 18.7 Å². The van der Waals surface area contributed by atoms with Crippen molar-refractivity contribution in [2.24, 2.45) is 0 Å². The minimum atomic E-state index is -4.21. The average molecular weight is 243 g/mol. The van der Waals surface area contributed by atoms with Gasteiger partial charge in [0.1, 0.15) is 11.3 Å². The van der Waals surface area contributed by atoms with E-state index < -0.39 is 18.8 Å². The molecule has 0 radical (unpaired) electrons.